The predicted molar refractivity (Wildman–Crippen MR) is 129 cm³/mol. The Morgan fingerprint density at radius 1 is 1.12 bits per heavy atom. The molecule has 2 atom stereocenters. The highest BCUT2D eigenvalue weighted by Gasteiger charge is 2.35. The van der Waals surface area contributed by atoms with Crippen LogP contribution in [-0.2, 0) is 17.6 Å². The molecule has 0 radical (unpaired) electrons. The normalized spacial score (nSPS) is 19.8. The van der Waals surface area contributed by atoms with E-state index in [1.165, 1.54) is 17.7 Å². The summed E-state index contributed by atoms with van der Waals surface area (Å²) in [6.07, 6.45) is 2.77. The maximum Gasteiger partial charge on any atom is 0.320 e. The van der Waals surface area contributed by atoms with Crippen LogP contribution in [0.3, 0.4) is 0 Å². The van der Waals surface area contributed by atoms with Gasteiger partial charge in [0.05, 0.1) is 24.0 Å². The Labute approximate surface area is 198 Å². The van der Waals surface area contributed by atoms with Gasteiger partial charge in [-0.1, -0.05) is 30.3 Å². The summed E-state index contributed by atoms with van der Waals surface area (Å²) in [5.74, 6) is 0.556. The number of hydrogen-bond donors (Lipinski definition) is 2. The van der Waals surface area contributed by atoms with Crippen LogP contribution in [0.25, 0.3) is 5.69 Å². The Morgan fingerprint density at radius 3 is 2.68 bits per heavy atom. The van der Waals surface area contributed by atoms with Crippen LogP contribution in [-0.4, -0.2) is 60.1 Å². The van der Waals surface area contributed by atoms with E-state index in [9.17, 15) is 9.18 Å². The molecule has 0 saturated carbocycles. The lowest BCUT2D eigenvalue weighted by Gasteiger charge is -2.21. The molecule has 1 fully saturated rings. The number of hydrogen-bond acceptors (Lipinski definition) is 4. The van der Waals surface area contributed by atoms with E-state index in [2.05, 4.69) is 27.7 Å². The van der Waals surface area contributed by atoms with Crippen LogP contribution in [0, 0.1) is 5.82 Å². The van der Waals surface area contributed by atoms with Gasteiger partial charge in [-0.05, 0) is 49.1 Å². The molecule has 2 aromatic carbocycles. The zero-order valence-corrected chi connectivity index (χ0v) is 19.3. The number of fused-ring (bicyclic) bond motifs is 1. The zero-order valence-electron chi connectivity index (χ0n) is 19.3. The fourth-order valence-electron chi connectivity index (χ4n) is 5.07. The van der Waals surface area contributed by atoms with Gasteiger partial charge in [0.1, 0.15) is 11.6 Å². The van der Waals surface area contributed by atoms with Gasteiger partial charge in [-0.2, -0.15) is 5.10 Å². The van der Waals surface area contributed by atoms with Crippen molar-refractivity contribution in [3.8, 4) is 5.69 Å². The highest BCUT2D eigenvalue weighted by Crippen LogP contribution is 2.32. The number of carbonyl (C=O) groups excluding carboxylic acids is 1. The largest absolute Gasteiger partial charge is 0.383 e. The van der Waals surface area contributed by atoms with Crippen molar-refractivity contribution in [3.05, 3.63) is 77.2 Å². The summed E-state index contributed by atoms with van der Waals surface area (Å²) in [7, 11) is 1.71. The summed E-state index contributed by atoms with van der Waals surface area (Å²) in [6, 6.07) is 16.2. The van der Waals surface area contributed by atoms with E-state index in [4.69, 9.17) is 9.84 Å². The lowest BCUT2D eigenvalue weighted by Crippen LogP contribution is -2.42. The quantitative estimate of drug-likeness (QED) is 0.560. The van der Waals surface area contributed by atoms with Crippen molar-refractivity contribution < 1.29 is 13.9 Å². The highest BCUT2D eigenvalue weighted by atomic mass is 19.1. The maximum atomic E-state index is 13.5. The van der Waals surface area contributed by atoms with Gasteiger partial charge in [0.25, 0.3) is 0 Å². The number of methoxy groups -OCH3 is 1. The van der Waals surface area contributed by atoms with E-state index in [1.807, 2.05) is 18.2 Å². The molecule has 5 rings (SSSR count). The van der Waals surface area contributed by atoms with Crippen molar-refractivity contribution in [1.29, 1.82) is 0 Å². The second-order valence-corrected chi connectivity index (χ2v) is 8.99. The Morgan fingerprint density at radius 2 is 1.91 bits per heavy atom. The van der Waals surface area contributed by atoms with E-state index in [1.54, 1.807) is 23.9 Å². The smallest absolute Gasteiger partial charge is 0.320 e. The average Bonchev–Trinajstić information content (AvgIpc) is 3.55. The van der Waals surface area contributed by atoms with Gasteiger partial charge in [-0.3, -0.25) is 10.2 Å². The average molecular weight is 464 g/mol. The van der Waals surface area contributed by atoms with Crippen molar-refractivity contribution in [3.63, 3.8) is 0 Å². The van der Waals surface area contributed by atoms with Crippen molar-refractivity contribution in [1.82, 2.24) is 20.0 Å². The summed E-state index contributed by atoms with van der Waals surface area (Å²) < 4.78 is 20.4. The summed E-state index contributed by atoms with van der Waals surface area (Å²) in [5, 5.41) is 11.0. The zero-order chi connectivity index (χ0) is 23.5. The summed E-state index contributed by atoms with van der Waals surface area (Å²) in [4.78, 5) is 15.6. The van der Waals surface area contributed by atoms with Gasteiger partial charge >= 0.3 is 6.03 Å². The number of anilines is 1. The Balaban J connectivity index is 1.35. The number of carbonyl (C=O) groups is 1. The van der Waals surface area contributed by atoms with Gasteiger partial charge in [0, 0.05) is 38.2 Å². The van der Waals surface area contributed by atoms with Crippen LogP contribution in [0.2, 0.25) is 0 Å². The van der Waals surface area contributed by atoms with Crippen LogP contribution in [0.15, 0.2) is 54.6 Å². The number of ether oxygens (including phenoxy) is 1. The molecule has 0 bridgehead atoms. The topological polar surface area (TPSA) is 71.4 Å². The molecule has 2 N–H and O–H groups in total. The second kappa shape index (κ2) is 9.95. The Bertz CT molecular complexity index is 1130. The molecule has 2 amide bonds. The van der Waals surface area contributed by atoms with Crippen molar-refractivity contribution >= 4 is 11.8 Å². The number of aromatic nitrogens is 2. The third-order valence-corrected chi connectivity index (χ3v) is 6.76. The van der Waals surface area contributed by atoms with E-state index < -0.39 is 0 Å². The number of benzene rings is 2. The number of aryl methyl sites for hydroxylation is 1. The van der Waals surface area contributed by atoms with Crippen LogP contribution >= 0.6 is 0 Å². The number of nitrogens with one attached hydrogen (secondary N) is 2. The first-order chi connectivity index (χ1) is 16.6. The standard InChI is InChI=1S/C26H30FN5O2/c1-34-15-14-31-16-22(18-6-3-2-4-7-18)24(17-31)28-26(33)29-25-21-8-5-9-23(21)30-32(25)20-12-10-19(27)11-13-20/h2-4,6-7,10-13,22,24H,5,8-9,14-17H2,1H3,(H2,28,29,33)/t22?,24-/m1/s1. The third kappa shape index (κ3) is 4.69. The van der Waals surface area contributed by atoms with E-state index in [0.29, 0.717) is 12.4 Å². The molecule has 178 valence electrons. The molecular formula is C26H30FN5O2. The van der Waals surface area contributed by atoms with Gasteiger partial charge in [0.15, 0.2) is 0 Å². The molecule has 34 heavy (non-hydrogen) atoms. The molecule has 1 aliphatic heterocycles. The molecule has 1 aliphatic carbocycles. The van der Waals surface area contributed by atoms with Crippen LogP contribution in [0.4, 0.5) is 15.0 Å². The molecule has 1 aromatic heterocycles. The number of amides is 2. The van der Waals surface area contributed by atoms with Crippen LogP contribution < -0.4 is 10.6 Å². The monoisotopic (exact) mass is 463 g/mol. The second-order valence-electron chi connectivity index (χ2n) is 8.99. The molecule has 1 unspecified atom stereocenters. The fraction of sp³-hybridized carbons (Fsp3) is 0.385. The Kier molecular flexibility index (Phi) is 6.60. The fourth-order valence-corrected chi connectivity index (χ4v) is 5.07. The molecule has 3 aromatic rings. The summed E-state index contributed by atoms with van der Waals surface area (Å²) in [6.45, 7) is 3.10. The third-order valence-electron chi connectivity index (χ3n) is 6.76. The first-order valence-corrected chi connectivity index (χ1v) is 11.8. The number of rotatable bonds is 7. The first-order valence-electron chi connectivity index (χ1n) is 11.8. The minimum Gasteiger partial charge on any atom is -0.383 e. The molecular weight excluding hydrogens is 433 g/mol. The molecule has 1 saturated heterocycles. The summed E-state index contributed by atoms with van der Waals surface area (Å²) in [5.41, 5.74) is 3.99. The van der Waals surface area contributed by atoms with Crippen molar-refractivity contribution in [2.75, 3.05) is 38.7 Å². The summed E-state index contributed by atoms with van der Waals surface area (Å²) >= 11 is 0. The van der Waals surface area contributed by atoms with Gasteiger partial charge in [-0.25, -0.2) is 13.9 Å². The van der Waals surface area contributed by atoms with Crippen LogP contribution in [0.1, 0.15) is 29.2 Å². The van der Waals surface area contributed by atoms with Crippen molar-refractivity contribution in [2.24, 2.45) is 0 Å². The first kappa shape index (κ1) is 22.6. The highest BCUT2D eigenvalue weighted by molar-refractivity contribution is 5.90. The van der Waals surface area contributed by atoms with E-state index >= 15 is 0 Å². The predicted octanol–water partition coefficient (Wildman–Crippen LogP) is 3.74. The maximum absolute atomic E-state index is 13.5. The SMILES string of the molecule is COCCN1CC(c2ccccc2)[C@H](NC(=O)Nc2c3c(nn2-c2ccc(F)cc2)CCC3)C1. The molecule has 2 heterocycles. The minimum atomic E-state index is -0.304. The molecule has 8 heteroatoms. The van der Waals surface area contributed by atoms with Crippen LogP contribution in [0.5, 0.6) is 0 Å². The number of likely N-dealkylation sites (tertiary alicyclic amines) is 1. The Hall–Kier alpha value is -3.23. The van der Waals surface area contributed by atoms with Gasteiger partial charge in [0.2, 0.25) is 0 Å². The number of nitrogens with zero attached hydrogens (tertiary/aromatic N) is 3. The minimum absolute atomic E-state index is 0.0329. The number of halogens is 1. The van der Waals surface area contributed by atoms with Gasteiger partial charge < -0.3 is 10.1 Å². The molecule has 2 aliphatic rings. The van der Waals surface area contributed by atoms with Crippen molar-refractivity contribution in [2.45, 2.75) is 31.2 Å². The van der Waals surface area contributed by atoms with Gasteiger partial charge in [-0.15, -0.1) is 0 Å². The lowest BCUT2D eigenvalue weighted by molar-refractivity contribution is 0.159. The van der Waals surface area contributed by atoms with E-state index in [0.717, 1.165) is 55.8 Å². The number of urea groups is 1. The van der Waals surface area contributed by atoms with E-state index in [-0.39, 0.29) is 23.8 Å². The molecule has 0 spiro atoms. The lowest BCUT2D eigenvalue weighted by atomic mass is 9.94. The molecule has 7 nitrogen and oxygen atoms in total.